The fourth-order valence-electron chi connectivity index (χ4n) is 2.09. The summed E-state index contributed by atoms with van der Waals surface area (Å²) >= 11 is 0. The van der Waals surface area contributed by atoms with Crippen molar-refractivity contribution in [2.75, 3.05) is 13.2 Å². The molecule has 0 unspecified atom stereocenters. The Labute approximate surface area is 127 Å². The summed E-state index contributed by atoms with van der Waals surface area (Å²) in [5.74, 6) is 0.559. The molecule has 6 heteroatoms. The quantitative estimate of drug-likeness (QED) is 0.808. The van der Waals surface area contributed by atoms with Crippen LogP contribution >= 0.6 is 0 Å². The molecular weight excluding hydrogens is 290 g/mol. The van der Waals surface area contributed by atoms with Gasteiger partial charge in [-0.2, -0.15) is 0 Å². The van der Waals surface area contributed by atoms with Crippen LogP contribution in [0, 0.1) is 6.92 Å². The summed E-state index contributed by atoms with van der Waals surface area (Å²) in [5, 5.41) is 9.26. The van der Waals surface area contributed by atoms with E-state index in [1.807, 2.05) is 27.7 Å². The first-order valence-corrected chi connectivity index (χ1v) is 8.62. The Bertz CT molecular complexity index is 580. The number of hydrogen-bond acceptors (Lipinski definition) is 4. The molecule has 0 aliphatic heterocycles. The highest BCUT2D eigenvalue weighted by Gasteiger charge is 2.22. The second-order valence-corrected chi connectivity index (χ2v) is 7.18. The first kappa shape index (κ1) is 17.9. The number of benzene rings is 1. The number of aliphatic hydroxyl groups is 1. The molecule has 0 amide bonds. The van der Waals surface area contributed by atoms with Crippen LogP contribution in [0.25, 0.3) is 0 Å². The van der Waals surface area contributed by atoms with Gasteiger partial charge in [0.05, 0.1) is 12.7 Å². The van der Waals surface area contributed by atoms with Crippen molar-refractivity contribution in [2.45, 2.75) is 51.5 Å². The Morgan fingerprint density at radius 3 is 2.38 bits per heavy atom. The van der Waals surface area contributed by atoms with E-state index in [0.29, 0.717) is 12.4 Å². The maximum Gasteiger partial charge on any atom is 0.244 e. The Morgan fingerprint density at radius 1 is 1.29 bits per heavy atom. The summed E-state index contributed by atoms with van der Waals surface area (Å²) in [6.07, 6.45) is -0.745. The van der Waals surface area contributed by atoms with E-state index in [9.17, 15) is 13.5 Å². The zero-order chi connectivity index (χ0) is 16.2. The van der Waals surface area contributed by atoms with Gasteiger partial charge in [0.1, 0.15) is 10.6 Å². The third-order valence-electron chi connectivity index (χ3n) is 3.11. The summed E-state index contributed by atoms with van der Waals surface area (Å²) < 4.78 is 32.7. The molecule has 1 atom stereocenters. The largest absolute Gasteiger partial charge is 0.492 e. The number of aryl methyl sites for hydroxylation is 1. The van der Waals surface area contributed by atoms with Crippen molar-refractivity contribution in [3.63, 3.8) is 0 Å². The highest BCUT2D eigenvalue weighted by Crippen LogP contribution is 2.31. The van der Waals surface area contributed by atoms with Crippen LogP contribution in [0.5, 0.6) is 5.75 Å². The van der Waals surface area contributed by atoms with Gasteiger partial charge in [-0.05, 0) is 49.9 Å². The van der Waals surface area contributed by atoms with Crippen molar-refractivity contribution in [1.29, 1.82) is 0 Å². The fraction of sp³-hybridized carbons (Fsp3) is 0.600. The van der Waals surface area contributed by atoms with Gasteiger partial charge in [-0.1, -0.05) is 13.8 Å². The maximum absolute atomic E-state index is 12.4. The van der Waals surface area contributed by atoms with Crippen LogP contribution in [0.2, 0.25) is 0 Å². The van der Waals surface area contributed by atoms with Gasteiger partial charge in [-0.3, -0.25) is 0 Å². The van der Waals surface area contributed by atoms with E-state index in [-0.39, 0.29) is 17.4 Å². The van der Waals surface area contributed by atoms with Gasteiger partial charge < -0.3 is 9.84 Å². The summed E-state index contributed by atoms with van der Waals surface area (Å²) in [4.78, 5) is 0.124. The molecule has 0 bridgehead atoms. The Kier molecular flexibility index (Phi) is 6.19. The lowest BCUT2D eigenvalue weighted by Gasteiger charge is -2.17. The van der Waals surface area contributed by atoms with Crippen LogP contribution in [0.15, 0.2) is 17.0 Å². The van der Waals surface area contributed by atoms with E-state index in [2.05, 4.69) is 4.72 Å². The van der Waals surface area contributed by atoms with Crippen molar-refractivity contribution in [2.24, 2.45) is 0 Å². The van der Waals surface area contributed by atoms with Crippen molar-refractivity contribution in [1.82, 2.24) is 4.72 Å². The highest BCUT2D eigenvalue weighted by molar-refractivity contribution is 7.89. The summed E-state index contributed by atoms with van der Waals surface area (Å²) in [6.45, 7) is 9.67. The molecule has 0 spiro atoms. The molecule has 0 heterocycles. The minimum absolute atomic E-state index is 0.0290. The lowest BCUT2D eigenvalue weighted by Crippen LogP contribution is -2.31. The van der Waals surface area contributed by atoms with Gasteiger partial charge in [0.15, 0.2) is 0 Å². The van der Waals surface area contributed by atoms with Gasteiger partial charge in [0.2, 0.25) is 10.0 Å². The number of hydrogen-bond donors (Lipinski definition) is 2. The highest BCUT2D eigenvalue weighted by atomic mass is 32.2. The van der Waals surface area contributed by atoms with Crippen LogP contribution in [-0.4, -0.2) is 32.8 Å². The Hall–Kier alpha value is -1.11. The SMILES string of the molecule is CCOc1cc(C)c(C(C)C)cc1S(=O)(=O)NC[C@@H](C)O. The predicted octanol–water partition coefficient (Wildman–Crippen LogP) is 2.18. The molecule has 0 saturated heterocycles. The topological polar surface area (TPSA) is 75.6 Å². The predicted molar refractivity (Wildman–Crippen MR) is 83.3 cm³/mol. The van der Waals surface area contributed by atoms with Crippen molar-refractivity contribution < 1.29 is 18.3 Å². The number of sulfonamides is 1. The van der Waals surface area contributed by atoms with E-state index >= 15 is 0 Å². The van der Waals surface area contributed by atoms with Crippen LogP contribution in [-0.2, 0) is 10.0 Å². The molecule has 0 radical (unpaired) electrons. The summed E-state index contributed by atoms with van der Waals surface area (Å²) in [6, 6.07) is 3.42. The second-order valence-electron chi connectivity index (χ2n) is 5.44. The van der Waals surface area contributed by atoms with Crippen molar-refractivity contribution >= 4 is 10.0 Å². The second kappa shape index (κ2) is 7.24. The average Bonchev–Trinajstić information content (AvgIpc) is 2.36. The monoisotopic (exact) mass is 315 g/mol. The van der Waals surface area contributed by atoms with E-state index in [0.717, 1.165) is 11.1 Å². The fourth-order valence-corrected chi connectivity index (χ4v) is 3.37. The van der Waals surface area contributed by atoms with E-state index in [1.54, 1.807) is 12.1 Å². The average molecular weight is 315 g/mol. The standard InChI is InChI=1S/C15H25NO4S/c1-6-20-14-7-11(4)13(10(2)3)8-15(14)21(18,19)16-9-12(5)17/h7-8,10,12,16-17H,6,9H2,1-5H3/t12-/m1/s1. The van der Waals surface area contributed by atoms with E-state index in [4.69, 9.17) is 4.74 Å². The zero-order valence-electron chi connectivity index (χ0n) is 13.3. The smallest absolute Gasteiger partial charge is 0.244 e. The van der Waals surface area contributed by atoms with E-state index in [1.165, 1.54) is 6.92 Å². The first-order chi connectivity index (χ1) is 9.69. The molecule has 1 aromatic rings. The minimum Gasteiger partial charge on any atom is -0.492 e. The number of nitrogens with one attached hydrogen (secondary N) is 1. The van der Waals surface area contributed by atoms with Crippen LogP contribution in [0.4, 0.5) is 0 Å². The summed E-state index contributed by atoms with van der Waals surface area (Å²) in [5.41, 5.74) is 1.97. The molecule has 0 saturated carbocycles. The van der Waals surface area contributed by atoms with Crippen molar-refractivity contribution in [3.05, 3.63) is 23.3 Å². The van der Waals surface area contributed by atoms with Gasteiger partial charge in [0, 0.05) is 6.54 Å². The van der Waals surface area contributed by atoms with Crippen LogP contribution in [0.1, 0.15) is 44.7 Å². The Morgan fingerprint density at radius 2 is 1.90 bits per heavy atom. The van der Waals surface area contributed by atoms with Crippen molar-refractivity contribution in [3.8, 4) is 5.75 Å². The molecule has 1 aromatic carbocycles. The lowest BCUT2D eigenvalue weighted by atomic mass is 9.98. The van der Waals surface area contributed by atoms with E-state index < -0.39 is 16.1 Å². The minimum atomic E-state index is -3.72. The molecule has 0 fully saturated rings. The number of ether oxygens (including phenoxy) is 1. The number of rotatable bonds is 7. The molecule has 0 aromatic heterocycles. The third kappa shape index (κ3) is 4.69. The lowest BCUT2D eigenvalue weighted by molar-refractivity contribution is 0.198. The first-order valence-electron chi connectivity index (χ1n) is 7.14. The zero-order valence-corrected chi connectivity index (χ0v) is 14.1. The van der Waals surface area contributed by atoms with Crippen LogP contribution in [0.3, 0.4) is 0 Å². The molecule has 0 aliphatic carbocycles. The van der Waals surface area contributed by atoms with Gasteiger partial charge in [-0.25, -0.2) is 13.1 Å². The molecular formula is C15H25NO4S. The summed E-state index contributed by atoms with van der Waals surface area (Å²) in [7, 11) is -3.72. The molecule has 120 valence electrons. The molecule has 2 N–H and O–H groups in total. The molecule has 0 aliphatic rings. The van der Waals surface area contributed by atoms with Gasteiger partial charge in [0.25, 0.3) is 0 Å². The maximum atomic E-state index is 12.4. The number of aliphatic hydroxyl groups excluding tert-OH is 1. The van der Waals surface area contributed by atoms with Crippen LogP contribution < -0.4 is 9.46 Å². The normalized spacial score (nSPS) is 13.5. The Balaban J connectivity index is 3.33. The molecule has 1 rings (SSSR count). The van der Waals surface area contributed by atoms with Gasteiger partial charge in [-0.15, -0.1) is 0 Å². The third-order valence-corrected chi connectivity index (χ3v) is 4.56. The van der Waals surface area contributed by atoms with Gasteiger partial charge >= 0.3 is 0 Å². The molecule has 21 heavy (non-hydrogen) atoms. The molecule has 5 nitrogen and oxygen atoms in total.